The van der Waals surface area contributed by atoms with E-state index < -0.39 is 0 Å². The van der Waals surface area contributed by atoms with Crippen molar-refractivity contribution in [2.24, 2.45) is 5.92 Å². The van der Waals surface area contributed by atoms with Crippen LogP contribution in [-0.2, 0) is 16.0 Å². The van der Waals surface area contributed by atoms with Crippen molar-refractivity contribution in [1.29, 1.82) is 0 Å². The molecule has 2 aromatic carbocycles. The molecule has 1 heterocycles. The van der Waals surface area contributed by atoms with Gasteiger partial charge in [-0.3, -0.25) is 9.59 Å². The fraction of sp³-hybridized carbons (Fsp3) is 0.364. The van der Waals surface area contributed by atoms with E-state index in [9.17, 15) is 9.59 Å². The fourth-order valence-corrected chi connectivity index (χ4v) is 3.42. The van der Waals surface area contributed by atoms with Crippen molar-refractivity contribution in [3.05, 3.63) is 54.1 Å². The zero-order valence-electron chi connectivity index (χ0n) is 16.3. The van der Waals surface area contributed by atoms with Gasteiger partial charge in [0, 0.05) is 25.1 Å². The Kier molecular flexibility index (Phi) is 6.53. The predicted octanol–water partition coefficient (Wildman–Crippen LogP) is 3.12. The van der Waals surface area contributed by atoms with Crippen LogP contribution in [0.5, 0.6) is 11.5 Å². The Labute approximate surface area is 165 Å². The third-order valence-electron chi connectivity index (χ3n) is 5.08. The summed E-state index contributed by atoms with van der Waals surface area (Å²) in [5.41, 5.74) is 1.60. The number of rotatable bonds is 6. The van der Waals surface area contributed by atoms with Crippen LogP contribution in [0.15, 0.2) is 48.5 Å². The highest BCUT2D eigenvalue weighted by molar-refractivity contribution is 5.94. The van der Waals surface area contributed by atoms with Gasteiger partial charge in [0.2, 0.25) is 11.8 Å². The van der Waals surface area contributed by atoms with E-state index in [1.165, 1.54) is 0 Å². The minimum atomic E-state index is -0.128. The molecule has 0 spiro atoms. The molecule has 1 saturated heterocycles. The number of hydrogen-bond acceptors (Lipinski definition) is 4. The first kappa shape index (κ1) is 19.7. The Hall–Kier alpha value is -3.02. The molecule has 0 radical (unpaired) electrons. The molecule has 1 N–H and O–H groups in total. The molecule has 6 heteroatoms. The van der Waals surface area contributed by atoms with Gasteiger partial charge >= 0.3 is 0 Å². The van der Waals surface area contributed by atoms with E-state index in [0.29, 0.717) is 49.5 Å². The Balaban J connectivity index is 1.55. The number of benzene rings is 2. The Bertz CT molecular complexity index is 815. The molecule has 28 heavy (non-hydrogen) atoms. The molecule has 1 aliphatic rings. The van der Waals surface area contributed by atoms with Crippen LogP contribution >= 0.6 is 0 Å². The zero-order chi connectivity index (χ0) is 19.9. The lowest BCUT2D eigenvalue weighted by Crippen LogP contribution is -2.42. The van der Waals surface area contributed by atoms with Crippen LogP contribution in [0.2, 0.25) is 0 Å². The number of anilines is 1. The molecule has 1 fully saturated rings. The summed E-state index contributed by atoms with van der Waals surface area (Å²) in [6, 6.07) is 15.0. The summed E-state index contributed by atoms with van der Waals surface area (Å²) >= 11 is 0. The molecule has 0 unspecified atom stereocenters. The lowest BCUT2D eigenvalue weighted by atomic mass is 9.95. The standard InChI is InChI=1S/C22H26N2O4/c1-27-18-8-9-20(28-2)19(15-18)23-22(26)17-10-12-24(13-11-17)21(25)14-16-6-4-3-5-7-16/h3-9,15,17H,10-14H2,1-2H3,(H,23,26). The van der Waals surface area contributed by atoms with E-state index in [-0.39, 0.29) is 17.7 Å². The second-order valence-corrected chi connectivity index (χ2v) is 6.87. The van der Waals surface area contributed by atoms with Gasteiger partial charge in [0.05, 0.1) is 26.3 Å². The largest absolute Gasteiger partial charge is 0.497 e. The lowest BCUT2D eigenvalue weighted by Gasteiger charge is -2.31. The van der Waals surface area contributed by atoms with Crippen LogP contribution in [0.4, 0.5) is 5.69 Å². The first-order valence-corrected chi connectivity index (χ1v) is 9.45. The summed E-state index contributed by atoms with van der Waals surface area (Å²) in [4.78, 5) is 27.0. The Morgan fingerprint density at radius 3 is 2.39 bits per heavy atom. The highest BCUT2D eigenvalue weighted by Crippen LogP contribution is 2.30. The quantitative estimate of drug-likeness (QED) is 0.834. The second-order valence-electron chi connectivity index (χ2n) is 6.87. The molecule has 2 aromatic rings. The van der Waals surface area contributed by atoms with Crippen LogP contribution in [0.25, 0.3) is 0 Å². The van der Waals surface area contributed by atoms with Crippen LogP contribution in [0.3, 0.4) is 0 Å². The third-order valence-corrected chi connectivity index (χ3v) is 5.08. The number of likely N-dealkylation sites (tertiary alicyclic amines) is 1. The number of amides is 2. The number of carbonyl (C=O) groups is 2. The number of nitrogens with one attached hydrogen (secondary N) is 1. The van der Waals surface area contributed by atoms with Crippen molar-refractivity contribution in [2.45, 2.75) is 19.3 Å². The highest BCUT2D eigenvalue weighted by Gasteiger charge is 2.27. The van der Waals surface area contributed by atoms with E-state index in [4.69, 9.17) is 9.47 Å². The van der Waals surface area contributed by atoms with E-state index in [1.54, 1.807) is 32.4 Å². The minimum Gasteiger partial charge on any atom is -0.497 e. The Morgan fingerprint density at radius 2 is 1.75 bits per heavy atom. The predicted molar refractivity (Wildman–Crippen MR) is 108 cm³/mol. The van der Waals surface area contributed by atoms with Crippen LogP contribution in [-0.4, -0.2) is 44.0 Å². The molecule has 1 aliphatic heterocycles. The minimum absolute atomic E-state index is 0.0540. The first-order valence-electron chi connectivity index (χ1n) is 9.45. The number of ether oxygens (including phenoxy) is 2. The third kappa shape index (κ3) is 4.82. The van der Waals surface area contributed by atoms with Gasteiger partial charge in [-0.15, -0.1) is 0 Å². The van der Waals surface area contributed by atoms with Crippen molar-refractivity contribution in [2.75, 3.05) is 32.6 Å². The van der Waals surface area contributed by atoms with Crippen LogP contribution < -0.4 is 14.8 Å². The van der Waals surface area contributed by atoms with Crippen molar-refractivity contribution in [1.82, 2.24) is 4.90 Å². The molecule has 0 saturated carbocycles. The monoisotopic (exact) mass is 382 g/mol. The molecule has 0 bridgehead atoms. The highest BCUT2D eigenvalue weighted by atomic mass is 16.5. The molecular weight excluding hydrogens is 356 g/mol. The van der Waals surface area contributed by atoms with Gasteiger partial charge in [-0.1, -0.05) is 30.3 Å². The maximum atomic E-state index is 12.7. The SMILES string of the molecule is COc1ccc(OC)c(NC(=O)C2CCN(C(=O)Cc3ccccc3)CC2)c1. The Morgan fingerprint density at radius 1 is 1.04 bits per heavy atom. The van der Waals surface area contributed by atoms with Gasteiger partial charge in [-0.05, 0) is 30.5 Å². The zero-order valence-corrected chi connectivity index (χ0v) is 16.3. The van der Waals surface area contributed by atoms with E-state index in [0.717, 1.165) is 5.56 Å². The number of hydrogen-bond donors (Lipinski definition) is 1. The van der Waals surface area contributed by atoms with Crippen molar-refractivity contribution in [3.8, 4) is 11.5 Å². The topological polar surface area (TPSA) is 67.9 Å². The van der Waals surface area contributed by atoms with Gasteiger partial charge in [0.1, 0.15) is 11.5 Å². The van der Waals surface area contributed by atoms with E-state index in [1.807, 2.05) is 35.2 Å². The normalized spacial score (nSPS) is 14.4. The van der Waals surface area contributed by atoms with Gasteiger partial charge in [0.25, 0.3) is 0 Å². The summed E-state index contributed by atoms with van der Waals surface area (Å²) in [6.45, 7) is 1.19. The van der Waals surface area contributed by atoms with Gasteiger partial charge in [-0.2, -0.15) is 0 Å². The average molecular weight is 382 g/mol. The molecule has 148 valence electrons. The van der Waals surface area contributed by atoms with Crippen molar-refractivity contribution < 1.29 is 19.1 Å². The molecule has 0 aliphatic carbocycles. The maximum Gasteiger partial charge on any atom is 0.227 e. The molecule has 0 atom stereocenters. The number of nitrogens with zero attached hydrogens (tertiary/aromatic N) is 1. The molecule has 0 aromatic heterocycles. The van der Waals surface area contributed by atoms with Crippen LogP contribution in [0, 0.1) is 5.92 Å². The second kappa shape index (κ2) is 9.26. The van der Waals surface area contributed by atoms with Gasteiger partial charge in [0.15, 0.2) is 0 Å². The van der Waals surface area contributed by atoms with Crippen molar-refractivity contribution >= 4 is 17.5 Å². The van der Waals surface area contributed by atoms with E-state index >= 15 is 0 Å². The molecule has 2 amide bonds. The summed E-state index contributed by atoms with van der Waals surface area (Å²) < 4.78 is 10.5. The molecule has 3 rings (SSSR count). The summed E-state index contributed by atoms with van der Waals surface area (Å²) in [7, 11) is 3.14. The van der Waals surface area contributed by atoms with Crippen LogP contribution in [0.1, 0.15) is 18.4 Å². The van der Waals surface area contributed by atoms with E-state index in [2.05, 4.69) is 5.32 Å². The maximum absolute atomic E-state index is 12.7. The van der Waals surface area contributed by atoms with Gasteiger partial charge in [-0.25, -0.2) is 0 Å². The summed E-state index contributed by atoms with van der Waals surface area (Å²) in [5.74, 6) is 1.17. The average Bonchev–Trinajstić information content (AvgIpc) is 2.74. The fourth-order valence-electron chi connectivity index (χ4n) is 3.42. The first-order chi connectivity index (χ1) is 13.6. The summed E-state index contributed by atoms with van der Waals surface area (Å²) in [5, 5.41) is 2.94. The van der Waals surface area contributed by atoms with Crippen molar-refractivity contribution in [3.63, 3.8) is 0 Å². The number of carbonyl (C=O) groups excluding carboxylic acids is 2. The smallest absolute Gasteiger partial charge is 0.227 e. The molecular formula is C22H26N2O4. The summed E-state index contributed by atoms with van der Waals surface area (Å²) in [6.07, 6.45) is 1.70. The molecule has 6 nitrogen and oxygen atoms in total. The number of piperidine rings is 1. The van der Waals surface area contributed by atoms with Gasteiger partial charge < -0.3 is 19.7 Å². The lowest BCUT2D eigenvalue weighted by molar-refractivity contribution is -0.133. The number of methoxy groups -OCH3 is 2.